The molecule has 0 fully saturated rings. The van der Waals surface area contributed by atoms with Gasteiger partial charge < -0.3 is 10.4 Å². The molecule has 0 aliphatic rings. The molecule has 0 saturated heterocycles. The summed E-state index contributed by atoms with van der Waals surface area (Å²) in [6.45, 7) is 0.497. The van der Waals surface area contributed by atoms with Crippen molar-refractivity contribution in [3.05, 3.63) is 40.4 Å². The largest absolute Gasteiger partial charge is 0.481 e. The molecule has 1 amide bonds. The van der Waals surface area contributed by atoms with Crippen LogP contribution >= 0.6 is 15.9 Å². The van der Waals surface area contributed by atoms with Crippen LogP contribution in [0.1, 0.15) is 24.8 Å². The summed E-state index contributed by atoms with van der Waals surface area (Å²) in [5, 5.41) is 11.2. The van der Waals surface area contributed by atoms with Crippen molar-refractivity contribution in [3.63, 3.8) is 0 Å². The Balaban J connectivity index is 2.23. The Kier molecular flexibility index (Phi) is 6.89. The lowest BCUT2D eigenvalue weighted by Gasteiger charge is -2.00. The zero-order valence-electron chi connectivity index (χ0n) is 10.4. The molecule has 0 bridgehead atoms. The van der Waals surface area contributed by atoms with Crippen molar-refractivity contribution in [2.24, 2.45) is 0 Å². The molecule has 0 aromatic heterocycles. The van der Waals surface area contributed by atoms with Gasteiger partial charge in [0.2, 0.25) is 5.91 Å². The van der Waals surface area contributed by atoms with Crippen molar-refractivity contribution in [1.82, 2.24) is 5.32 Å². The van der Waals surface area contributed by atoms with Crippen LogP contribution in [0.2, 0.25) is 0 Å². The highest BCUT2D eigenvalue weighted by Gasteiger charge is 1.98. The van der Waals surface area contributed by atoms with Gasteiger partial charge in [-0.3, -0.25) is 9.59 Å². The van der Waals surface area contributed by atoms with Crippen LogP contribution in [0.25, 0.3) is 6.08 Å². The van der Waals surface area contributed by atoms with Gasteiger partial charge in [-0.15, -0.1) is 0 Å². The van der Waals surface area contributed by atoms with E-state index in [-0.39, 0.29) is 12.3 Å². The van der Waals surface area contributed by atoms with E-state index >= 15 is 0 Å². The van der Waals surface area contributed by atoms with Gasteiger partial charge in [-0.1, -0.05) is 28.1 Å². The van der Waals surface area contributed by atoms with E-state index < -0.39 is 5.97 Å². The fraction of sp³-hybridized carbons (Fsp3) is 0.286. The molecule has 0 atom stereocenters. The third-order valence-electron chi connectivity index (χ3n) is 2.41. The molecule has 0 heterocycles. The second-order valence-corrected chi connectivity index (χ2v) is 4.94. The molecular weight excluding hydrogens is 310 g/mol. The number of unbranched alkanes of at least 4 members (excludes halogenated alkanes) is 1. The summed E-state index contributed by atoms with van der Waals surface area (Å²) >= 11 is 3.34. The quantitative estimate of drug-likeness (QED) is 0.598. The van der Waals surface area contributed by atoms with Crippen molar-refractivity contribution >= 4 is 33.9 Å². The number of carboxylic acid groups (broad SMARTS) is 1. The van der Waals surface area contributed by atoms with Crippen LogP contribution in [0.3, 0.4) is 0 Å². The fourth-order valence-electron chi connectivity index (χ4n) is 1.42. The topological polar surface area (TPSA) is 66.4 Å². The molecule has 0 aliphatic carbocycles. The number of carbonyl (C=O) groups is 2. The number of carbonyl (C=O) groups excluding carboxylic acids is 1. The number of hydrogen-bond acceptors (Lipinski definition) is 2. The van der Waals surface area contributed by atoms with Crippen LogP contribution in [-0.4, -0.2) is 23.5 Å². The first-order valence-corrected chi connectivity index (χ1v) is 6.80. The molecule has 0 aliphatic heterocycles. The van der Waals surface area contributed by atoms with Crippen molar-refractivity contribution in [3.8, 4) is 0 Å². The molecule has 1 aromatic rings. The second kappa shape index (κ2) is 8.48. The zero-order chi connectivity index (χ0) is 14.1. The SMILES string of the molecule is O=C(O)CCCCNC(=O)C=Cc1ccc(Br)cc1. The van der Waals surface area contributed by atoms with E-state index in [0.717, 1.165) is 10.0 Å². The first-order valence-electron chi connectivity index (χ1n) is 6.01. The van der Waals surface area contributed by atoms with E-state index in [1.54, 1.807) is 6.08 Å². The van der Waals surface area contributed by atoms with Crippen molar-refractivity contribution in [1.29, 1.82) is 0 Å². The highest BCUT2D eigenvalue weighted by Crippen LogP contribution is 2.11. The number of carboxylic acids is 1. The van der Waals surface area contributed by atoms with Crippen LogP contribution in [0.15, 0.2) is 34.8 Å². The van der Waals surface area contributed by atoms with E-state index in [9.17, 15) is 9.59 Å². The van der Waals surface area contributed by atoms with E-state index in [2.05, 4.69) is 21.2 Å². The van der Waals surface area contributed by atoms with Gasteiger partial charge in [-0.05, 0) is 36.6 Å². The molecule has 2 N–H and O–H groups in total. The predicted molar refractivity (Wildman–Crippen MR) is 77.7 cm³/mol. The Morgan fingerprint density at radius 2 is 1.89 bits per heavy atom. The minimum Gasteiger partial charge on any atom is -0.481 e. The zero-order valence-corrected chi connectivity index (χ0v) is 12.0. The van der Waals surface area contributed by atoms with Gasteiger partial charge in [0.25, 0.3) is 0 Å². The molecule has 5 heteroatoms. The first-order chi connectivity index (χ1) is 9.08. The molecule has 4 nitrogen and oxygen atoms in total. The molecule has 1 rings (SSSR count). The van der Waals surface area contributed by atoms with Gasteiger partial charge in [-0.25, -0.2) is 0 Å². The van der Waals surface area contributed by atoms with Gasteiger partial charge in [-0.2, -0.15) is 0 Å². The number of aliphatic carboxylic acids is 1. The Hall–Kier alpha value is -1.62. The summed E-state index contributed by atoms with van der Waals surface area (Å²) < 4.78 is 0.993. The monoisotopic (exact) mass is 325 g/mol. The fourth-order valence-corrected chi connectivity index (χ4v) is 1.68. The number of nitrogens with one attached hydrogen (secondary N) is 1. The summed E-state index contributed by atoms with van der Waals surface area (Å²) in [4.78, 5) is 21.7. The number of amides is 1. The van der Waals surface area contributed by atoms with Crippen molar-refractivity contribution in [2.75, 3.05) is 6.54 Å². The van der Waals surface area contributed by atoms with Crippen LogP contribution in [0, 0.1) is 0 Å². The van der Waals surface area contributed by atoms with Gasteiger partial charge >= 0.3 is 5.97 Å². The minimum absolute atomic E-state index is 0.143. The first kappa shape index (κ1) is 15.4. The van der Waals surface area contributed by atoms with Crippen molar-refractivity contribution in [2.45, 2.75) is 19.3 Å². The lowest BCUT2D eigenvalue weighted by Crippen LogP contribution is -2.22. The number of benzene rings is 1. The lowest BCUT2D eigenvalue weighted by molar-refractivity contribution is -0.137. The van der Waals surface area contributed by atoms with Crippen molar-refractivity contribution < 1.29 is 14.7 Å². The molecule has 1 aromatic carbocycles. The van der Waals surface area contributed by atoms with E-state index in [1.807, 2.05) is 24.3 Å². The Labute approximate surface area is 120 Å². The maximum Gasteiger partial charge on any atom is 0.303 e. The summed E-state index contributed by atoms with van der Waals surface area (Å²) in [7, 11) is 0. The Morgan fingerprint density at radius 3 is 2.53 bits per heavy atom. The van der Waals surface area contributed by atoms with Gasteiger partial charge in [0.15, 0.2) is 0 Å². The average Bonchev–Trinajstić information content (AvgIpc) is 2.37. The van der Waals surface area contributed by atoms with E-state index in [4.69, 9.17) is 5.11 Å². The minimum atomic E-state index is -0.804. The smallest absolute Gasteiger partial charge is 0.303 e. The third-order valence-corrected chi connectivity index (χ3v) is 2.94. The summed E-state index contributed by atoms with van der Waals surface area (Å²) in [6.07, 6.45) is 4.60. The maximum absolute atomic E-state index is 11.5. The third kappa shape index (κ3) is 7.41. The predicted octanol–water partition coefficient (Wildman–Crippen LogP) is 2.83. The molecule has 0 spiro atoms. The molecule has 0 unspecified atom stereocenters. The summed E-state index contributed by atoms with van der Waals surface area (Å²) in [5.41, 5.74) is 0.948. The Bertz CT molecular complexity index is 454. The van der Waals surface area contributed by atoms with Gasteiger partial charge in [0, 0.05) is 23.5 Å². The van der Waals surface area contributed by atoms with Crippen LogP contribution < -0.4 is 5.32 Å². The van der Waals surface area contributed by atoms with Crippen LogP contribution in [0.4, 0.5) is 0 Å². The molecule has 0 radical (unpaired) electrons. The highest BCUT2D eigenvalue weighted by atomic mass is 79.9. The molecule has 0 saturated carbocycles. The lowest BCUT2D eigenvalue weighted by atomic mass is 10.2. The van der Waals surface area contributed by atoms with E-state index in [1.165, 1.54) is 6.08 Å². The van der Waals surface area contributed by atoms with Gasteiger partial charge in [0.1, 0.15) is 0 Å². The molecule has 102 valence electrons. The Morgan fingerprint density at radius 1 is 1.21 bits per heavy atom. The summed E-state index contributed by atoms with van der Waals surface area (Å²) in [5.74, 6) is -0.972. The van der Waals surface area contributed by atoms with E-state index in [0.29, 0.717) is 19.4 Å². The van der Waals surface area contributed by atoms with Crippen LogP contribution in [-0.2, 0) is 9.59 Å². The molecular formula is C14H16BrNO3. The standard InChI is InChI=1S/C14H16BrNO3/c15-12-7-4-11(5-8-12)6-9-13(17)16-10-2-1-3-14(18)19/h4-9H,1-3,10H2,(H,16,17)(H,18,19). The normalized spacial score (nSPS) is 10.6. The van der Waals surface area contributed by atoms with Crippen LogP contribution in [0.5, 0.6) is 0 Å². The highest BCUT2D eigenvalue weighted by molar-refractivity contribution is 9.10. The average molecular weight is 326 g/mol. The number of halogens is 1. The summed E-state index contributed by atoms with van der Waals surface area (Å²) in [6, 6.07) is 7.62. The number of hydrogen-bond donors (Lipinski definition) is 2. The second-order valence-electron chi connectivity index (χ2n) is 4.03. The number of rotatable bonds is 7. The van der Waals surface area contributed by atoms with Gasteiger partial charge in [0.05, 0.1) is 0 Å². The molecule has 19 heavy (non-hydrogen) atoms. The maximum atomic E-state index is 11.5.